The van der Waals surface area contributed by atoms with E-state index < -0.39 is 12.0 Å². The van der Waals surface area contributed by atoms with Crippen molar-refractivity contribution in [3.8, 4) is 23.3 Å². The van der Waals surface area contributed by atoms with Crippen molar-refractivity contribution in [3.05, 3.63) is 53.6 Å². The predicted octanol–water partition coefficient (Wildman–Crippen LogP) is 1.97. The van der Waals surface area contributed by atoms with Crippen molar-refractivity contribution in [3.63, 3.8) is 0 Å². The Morgan fingerprint density at radius 2 is 2.00 bits per heavy atom. The highest BCUT2D eigenvalue weighted by molar-refractivity contribution is 5.75. The Kier molecular flexibility index (Phi) is 5.44. The third kappa shape index (κ3) is 3.88. The third-order valence-electron chi connectivity index (χ3n) is 4.35. The van der Waals surface area contributed by atoms with Crippen LogP contribution in [0.5, 0.6) is 23.3 Å². The van der Waals surface area contributed by atoms with Crippen molar-refractivity contribution < 1.29 is 30.0 Å². The van der Waals surface area contributed by atoms with Gasteiger partial charge >= 0.3 is 5.97 Å². The standard InChI is InChI=1S/C19H21N3O6/c1-2-28-19(27)15(7-13-9-20-10-21-13)22-17(25)6-12(18(22)26)5-11-3-4-14(23)8-16(11)24/h3-4,6,8-10,15,23-26H,2,5,7H2,1H3,(H,20,21). The lowest BCUT2D eigenvalue weighted by Crippen LogP contribution is -2.24. The van der Waals surface area contributed by atoms with Gasteiger partial charge in [-0.1, -0.05) is 6.07 Å². The molecular formula is C19H21N3O6. The first-order chi connectivity index (χ1) is 13.4. The number of aromatic hydroxyl groups is 4. The van der Waals surface area contributed by atoms with Gasteiger partial charge in [-0.3, -0.25) is 4.57 Å². The second-order valence-electron chi connectivity index (χ2n) is 6.26. The van der Waals surface area contributed by atoms with Gasteiger partial charge in [0.15, 0.2) is 11.8 Å². The molecule has 0 saturated carbocycles. The van der Waals surface area contributed by atoms with Gasteiger partial charge < -0.3 is 30.1 Å². The number of phenolic OH excluding ortho intramolecular Hbond substituents is 2. The summed E-state index contributed by atoms with van der Waals surface area (Å²) in [6, 6.07) is 4.40. The van der Waals surface area contributed by atoms with Crippen LogP contribution in [0.25, 0.3) is 0 Å². The van der Waals surface area contributed by atoms with E-state index >= 15 is 0 Å². The minimum Gasteiger partial charge on any atom is -0.508 e. The number of rotatable bonds is 7. The molecule has 0 amide bonds. The summed E-state index contributed by atoms with van der Waals surface area (Å²) in [4.78, 5) is 19.3. The molecule has 0 bridgehead atoms. The maximum atomic E-state index is 12.5. The van der Waals surface area contributed by atoms with Crippen LogP contribution in [-0.2, 0) is 22.4 Å². The Hall–Kier alpha value is -3.62. The quantitative estimate of drug-likeness (QED) is 0.390. The van der Waals surface area contributed by atoms with Crippen molar-refractivity contribution in [2.75, 3.05) is 6.61 Å². The smallest absolute Gasteiger partial charge is 0.329 e. The van der Waals surface area contributed by atoms with Gasteiger partial charge in [0.2, 0.25) is 0 Å². The molecule has 148 valence electrons. The fourth-order valence-electron chi connectivity index (χ4n) is 3.02. The van der Waals surface area contributed by atoms with Gasteiger partial charge in [0.25, 0.3) is 0 Å². The van der Waals surface area contributed by atoms with Crippen LogP contribution in [0.15, 0.2) is 36.8 Å². The molecular weight excluding hydrogens is 366 g/mol. The summed E-state index contributed by atoms with van der Waals surface area (Å²) in [5, 5.41) is 40.4. The molecule has 0 aliphatic heterocycles. The zero-order valence-corrected chi connectivity index (χ0v) is 15.2. The van der Waals surface area contributed by atoms with Gasteiger partial charge in [0, 0.05) is 42.4 Å². The summed E-state index contributed by atoms with van der Waals surface area (Å²) >= 11 is 0. The second-order valence-corrected chi connectivity index (χ2v) is 6.26. The fourth-order valence-corrected chi connectivity index (χ4v) is 3.02. The SMILES string of the molecule is CCOC(=O)C(Cc1cnc[nH]1)n1c(O)cc(Cc2ccc(O)cc2O)c1O. The van der Waals surface area contributed by atoms with Gasteiger partial charge in [-0.15, -0.1) is 0 Å². The molecule has 0 radical (unpaired) electrons. The monoisotopic (exact) mass is 387 g/mol. The van der Waals surface area contributed by atoms with E-state index in [-0.39, 0.29) is 42.7 Å². The third-order valence-corrected chi connectivity index (χ3v) is 4.35. The Morgan fingerprint density at radius 1 is 1.21 bits per heavy atom. The molecule has 3 rings (SSSR count). The number of hydrogen-bond donors (Lipinski definition) is 5. The first-order valence-corrected chi connectivity index (χ1v) is 8.67. The van der Waals surface area contributed by atoms with Gasteiger partial charge in [-0.05, 0) is 18.6 Å². The summed E-state index contributed by atoms with van der Waals surface area (Å²) in [7, 11) is 0. The lowest BCUT2D eigenvalue weighted by molar-refractivity contribution is -0.147. The molecule has 9 nitrogen and oxygen atoms in total. The Morgan fingerprint density at radius 3 is 2.64 bits per heavy atom. The average molecular weight is 387 g/mol. The molecule has 0 spiro atoms. The van der Waals surface area contributed by atoms with Crippen LogP contribution in [0.4, 0.5) is 0 Å². The molecule has 0 aliphatic carbocycles. The number of imidazole rings is 1. The number of hydrogen-bond acceptors (Lipinski definition) is 7. The molecule has 0 saturated heterocycles. The first kappa shape index (κ1) is 19.2. The number of phenols is 2. The van der Waals surface area contributed by atoms with E-state index in [1.807, 2.05) is 0 Å². The number of aromatic nitrogens is 3. The lowest BCUT2D eigenvalue weighted by atomic mass is 10.1. The number of carbonyl (C=O) groups excluding carboxylic acids is 1. The summed E-state index contributed by atoms with van der Waals surface area (Å²) in [5.74, 6) is -1.48. The Bertz CT molecular complexity index is 964. The highest BCUT2D eigenvalue weighted by atomic mass is 16.5. The molecule has 2 aromatic heterocycles. The summed E-state index contributed by atoms with van der Waals surface area (Å²) in [6.45, 7) is 1.81. The highest BCUT2D eigenvalue weighted by Gasteiger charge is 2.29. The van der Waals surface area contributed by atoms with Gasteiger partial charge in [-0.25, -0.2) is 9.78 Å². The van der Waals surface area contributed by atoms with Crippen LogP contribution in [0.2, 0.25) is 0 Å². The fraction of sp³-hybridized carbons (Fsp3) is 0.263. The van der Waals surface area contributed by atoms with E-state index in [1.54, 1.807) is 13.1 Å². The number of benzene rings is 1. The van der Waals surface area contributed by atoms with Crippen molar-refractivity contribution in [1.29, 1.82) is 0 Å². The molecule has 0 aliphatic rings. The normalized spacial score (nSPS) is 12.0. The van der Waals surface area contributed by atoms with E-state index in [1.165, 1.54) is 30.6 Å². The number of ether oxygens (including phenoxy) is 1. The van der Waals surface area contributed by atoms with Crippen LogP contribution in [0, 0.1) is 0 Å². The van der Waals surface area contributed by atoms with Gasteiger partial charge in [0.05, 0.1) is 12.9 Å². The number of nitrogens with one attached hydrogen (secondary N) is 1. The molecule has 5 N–H and O–H groups in total. The zero-order chi connectivity index (χ0) is 20.3. The molecule has 28 heavy (non-hydrogen) atoms. The van der Waals surface area contributed by atoms with Crippen molar-refractivity contribution in [2.45, 2.75) is 25.8 Å². The lowest BCUT2D eigenvalue weighted by Gasteiger charge is -2.18. The van der Waals surface area contributed by atoms with E-state index in [9.17, 15) is 25.2 Å². The minimum absolute atomic E-state index is 0.0815. The van der Waals surface area contributed by atoms with E-state index in [4.69, 9.17) is 4.74 Å². The molecule has 1 unspecified atom stereocenters. The van der Waals surface area contributed by atoms with Crippen LogP contribution in [-0.4, -0.2) is 47.5 Å². The van der Waals surface area contributed by atoms with Gasteiger partial charge in [-0.2, -0.15) is 0 Å². The minimum atomic E-state index is -1.01. The predicted molar refractivity (Wildman–Crippen MR) is 98.3 cm³/mol. The number of aromatic amines is 1. The van der Waals surface area contributed by atoms with Gasteiger partial charge in [0.1, 0.15) is 17.5 Å². The second kappa shape index (κ2) is 7.95. The number of H-pyrrole nitrogens is 1. The largest absolute Gasteiger partial charge is 0.508 e. The average Bonchev–Trinajstić information content (AvgIpc) is 3.24. The van der Waals surface area contributed by atoms with Crippen LogP contribution in [0.3, 0.4) is 0 Å². The topological polar surface area (TPSA) is 141 Å². The summed E-state index contributed by atoms with van der Waals surface area (Å²) in [6.07, 6.45) is 3.21. The molecule has 9 heteroatoms. The molecule has 3 aromatic rings. The molecule has 1 atom stereocenters. The molecule has 0 fully saturated rings. The maximum Gasteiger partial charge on any atom is 0.329 e. The number of carbonyl (C=O) groups is 1. The van der Waals surface area contributed by atoms with Crippen molar-refractivity contribution in [1.82, 2.24) is 14.5 Å². The molecule has 1 aromatic carbocycles. The Labute approximate surface area is 160 Å². The van der Waals surface area contributed by atoms with Crippen molar-refractivity contribution >= 4 is 5.97 Å². The number of nitrogens with zero attached hydrogens (tertiary/aromatic N) is 2. The summed E-state index contributed by atoms with van der Waals surface area (Å²) < 4.78 is 6.18. The van der Waals surface area contributed by atoms with E-state index in [0.717, 1.165) is 4.57 Å². The zero-order valence-electron chi connectivity index (χ0n) is 15.2. The first-order valence-electron chi connectivity index (χ1n) is 8.67. The highest BCUT2D eigenvalue weighted by Crippen LogP contribution is 2.36. The van der Waals surface area contributed by atoms with Crippen LogP contribution in [0.1, 0.15) is 29.8 Å². The maximum absolute atomic E-state index is 12.5. The van der Waals surface area contributed by atoms with Crippen LogP contribution < -0.4 is 0 Å². The summed E-state index contributed by atoms with van der Waals surface area (Å²) in [5.41, 5.74) is 1.37. The molecule has 2 heterocycles. The Balaban J connectivity index is 1.95. The van der Waals surface area contributed by atoms with Crippen LogP contribution >= 0.6 is 0 Å². The number of esters is 1. The van der Waals surface area contributed by atoms with Crippen molar-refractivity contribution in [2.24, 2.45) is 0 Å². The van der Waals surface area contributed by atoms with E-state index in [0.29, 0.717) is 16.8 Å². The van der Waals surface area contributed by atoms with E-state index in [2.05, 4.69) is 9.97 Å².